The van der Waals surface area contributed by atoms with Gasteiger partial charge in [-0.3, -0.25) is 0 Å². The fourth-order valence-corrected chi connectivity index (χ4v) is 3.34. The van der Waals surface area contributed by atoms with Crippen molar-refractivity contribution >= 4 is 33.1 Å². The molecule has 0 fully saturated rings. The first kappa shape index (κ1) is 14.2. The number of hydrogen-bond acceptors (Lipinski definition) is 5. The number of thiophene rings is 1. The number of halogens is 1. The second-order valence-corrected chi connectivity index (χ2v) is 6.91. The highest BCUT2D eigenvalue weighted by atomic mass is 79.9. The van der Waals surface area contributed by atoms with Gasteiger partial charge in [0.25, 0.3) is 0 Å². The average Bonchev–Trinajstić information content (AvgIpc) is 3.04. The lowest BCUT2D eigenvalue weighted by Gasteiger charge is -2.09. The quantitative estimate of drug-likeness (QED) is 0.729. The van der Waals surface area contributed by atoms with Crippen molar-refractivity contribution in [1.29, 1.82) is 0 Å². The third-order valence-corrected chi connectivity index (χ3v) is 4.68. The van der Waals surface area contributed by atoms with Crippen LogP contribution in [0.1, 0.15) is 5.56 Å². The number of anilines is 1. The SMILES string of the molecule is COc1ccc(C)cc1-c1c(N)noc1-c1csc(Br)c1. The summed E-state index contributed by atoms with van der Waals surface area (Å²) in [5, 5.41) is 5.92. The first-order valence-corrected chi connectivity index (χ1v) is 7.92. The molecule has 0 saturated heterocycles. The van der Waals surface area contributed by atoms with Crippen molar-refractivity contribution in [3.05, 3.63) is 39.0 Å². The predicted octanol–water partition coefficient (Wildman–Crippen LogP) is 4.73. The van der Waals surface area contributed by atoms with Gasteiger partial charge in [0.2, 0.25) is 0 Å². The summed E-state index contributed by atoms with van der Waals surface area (Å²) in [6, 6.07) is 7.92. The standard InChI is InChI=1S/C15H13BrN2O2S/c1-8-3-4-11(19-2)10(5-8)13-14(20-18-15(13)17)9-6-12(16)21-7-9/h3-7H,1-2H3,(H2,17,18). The van der Waals surface area contributed by atoms with Gasteiger partial charge < -0.3 is 15.0 Å². The third kappa shape index (κ3) is 2.56. The first-order valence-electron chi connectivity index (χ1n) is 6.24. The Morgan fingerprint density at radius 3 is 2.81 bits per heavy atom. The predicted molar refractivity (Wildman–Crippen MR) is 88.7 cm³/mol. The van der Waals surface area contributed by atoms with Crippen LogP contribution in [-0.4, -0.2) is 12.3 Å². The largest absolute Gasteiger partial charge is 0.496 e. The van der Waals surface area contributed by atoms with Crippen molar-refractivity contribution < 1.29 is 9.26 Å². The number of benzene rings is 1. The number of nitrogens with zero attached hydrogens (tertiary/aromatic N) is 1. The number of hydrogen-bond donors (Lipinski definition) is 1. The van der Waals surface area contributed by atoms with Crippen molar-refractivity contribution in [2.75, 3.05) is 12.8 Å². The molecule has 21 heavy (non-hydrogen) atoms. The zero-order chi connectivity index (χ0) is 15.0. The summed E-state index contributed by atoms with van der Waals surface area (Å²) in [6.07, 6.45) is 0. The van der Waals surface area contributed by atoms with Gasteiger partial charge in [0.05, 0.1) is 16.5 Å². The van der Waals surface area contributed by atoms with E-state index in [1.54, 1.807) is 18.4 Å². The lowest BCUT2D eigenvalue weighted by Crippen LogP contribution is -1.93. The van der Waals surface area contributed by atoms with E-state index in [-0.39, 0.29) is 0 Å². The van der Waals surface area contributed by atoms with Crippen LogP contribution in [0.2, 0.25) is 0 Å². The summed E-state index contributed by atoms with van der Waals surface area (Å²) in [6.45, 7) is 2.02. The Morgan fingerprint density at radius 2 is 2.14 bits per heavy atom. The molecule has 0 aliphatic rings. The van der Waals surface area contributed by atoms with Crippen LogP contribution in [-0.2, 0) is 0 Å². The highest BCUT2D eigenvalue weighted by Gasteiger charge is 2.21. The van der Waals surface area contributed by atoms with Gasteiger partial charge in [0.1, 0.15) is 5.75 Å². The van der Waals surface area contributed by atoms with Crippen molar-refractivity contribution in [3.8, 4) is 28.2 Å². The maximum atomic E-state index is 6.02. The highest BCUT2D eigenvalue weighted by molar-refractivity contribution is 9.11. The zero-order valence-electron chi connectivity index (χ0n) is 11.5. The van der Waals surface area contributed by atoms with Crippen molar-refractivity contribution in [2.45, 2.75) is 6.92 Å². The van der Waals surface area contributed by atoms with Crippen LogP contribution < -0.4 is 10.5 Å². The molecular weight excluding hydrogens is 352 g/mol. The summed E-state index contributed by atoms with van der Waals surface area (Å²) in [7, 11) is 1.64. The van der Waals surface area contributed by atoms with E-state index in [1.165, 1.54) is 0 Å². The van der Waals surface area contributed by atoms with E-state index in [0.29, 0.717) is 11.6 Å². The molecule has 0 bridgehead atoms. The first-order chi connectivity index (χ1) is 10.1. The molecule has 2 heterocycles. The lowest BCUT2D eigenvalue weighted by atomic mass is 10.00. The molecule has 3 aromatic rings. The molecule has 108 valence electrons. The van der Waals surface area contributed by atoms with Crippen LogP contribution in [0.3, 0.4) is 0 Å². The van der Waals surface area contributed by atoms with Gasteiger partial charge in [-0.15, -0.1) is 11.3 Å². The molecule has 0 atom stereocenters. The van der Waals surface area contributed by atoms with Crippen LogP contribution in [0.25, 0.3) is 22.5 Å². The molecule has 0 saturated carbocycles. The molecular formula is C15H13BrN2O2S. The van der Waals surface area contributed by atoms with Gasteiger partial charge in [-0.25, -0.2) is 0 Å². The molecule has 2 aromatic heterocycles. The van der Waals surface area contributed by atoms with Gasteiger partial charge in [0.15, 0.2) is 11.6 Å². The zero-order valence-corrected chi connectivity index (χ0v) is 13.9. The molecule has 1 aromatic carbocycles. The van der Waals surface area contributed by atoms with Gasteiger partial charge in [-0.05, 0) is 41.1 Å². The van der Waals surface area contributed by atoms with Gasteiger partial charge in [-0.1, -0.05) is 16.8 Å². The Kier molecular flexibility index (Phi) is 3.73. The fraction of sp³-hybridized carbons (Fsp3) is 0.133. The maximum Gasteiger partial charge on any atom is 0.177 e. The van der Waals surface area contributed by atoms with Crippen LogP contribution in [0, 0.1) is 6.92 Å². The van der Waals surface area contributed by atoms with E-state index < -0.39 is 0 Å². The normalized spacial score (nSPS) is 10.8. The van der Waals surface area contributed by atoms with Crippen LogP contribution >= 0.6 is 27.3 Å². The van der Waals surface area contributed by atoms with E-state index in [2.05, 4.69) is 21.1 Å². The fourth-order valence-electron chi connectivity index (χ4n) is 2.21. The molecule has 3 rings (SSSR count). The number of aromatic nitrogens is 1. The monoisotopic (exact) mass is 364 g/mol. The Hall–Kier alpha value is -1.79. The van der Waals surface area contributed by atoms with Crippen LogP contribution in [0.15, 0.2) is 38.0 Å². The number of rotatable bonds is 3. The highest BCUT2D eigenvalue weighted by Crippen LogP contribution is 2.42. The average molecular weight is 365 g/mol. The van der Waals surface area contributed by atoms with Crippen molar-refractivity contribution in [1.82, 2.24) is 5.16 Å². The second kappa shape index (κ2) is 5.54. The van der Waals surface area contributed by atoms with E-state index in [1.807, 2.05) is 36.6 Å². The number of nitrogens with two attached hydrogens (primary N) is 1. The summed E-state index contributed by atoms with van der Waals surface area (Å²) in [5.74, 6) is 1.75. The van der Waals surface area contributed by atoms with Crippen molar-refractivity contribution in [3.63, 3.8) is 0 Å². The van der Waals surface area contributed by atoms with Gasteiger partial charge in [0, 0.05) is 16.5 Å². The van der Waals surface area contributed by atoms with Gasteiger partial charge in [-0.2, -0.15) is 0 Å². The van der Waals surface area contributed by atoms with E-state index >= 15 is 0 Å². The molecule has 0 radical (unpaired) electrons. The molecule has 4 nitrogen and oxygen atoms in total. The van der Waals surface area contributed by atoms with Crippen LogP contribution in [0.4, 0.5) is 5.82 Å². The van der Waals surface area contributed by atoms with E-state index in [0.717, 1.165) is 31.8 Å². The number of nitrogen functional groups attached to an aromatic ring is 1. The summed E-state index contributed by atoms with van der Waals surface area (Å²) >= 11 is 5.04. The van der Waals surface area contributed by atoms with E-state index in [9.17, 15) is 0 Å². The minimum Gasteiger partial charge on any atom is -0.496 e. The Balaban J connectivity index is 2.24. The molecule has 0 aliphatic carbocycles. The Labute approximate surface area is 134 Å². The molecule has 0 amide bonds. The van der Waals surface area contributed by atoms with Crippen LogP contribution in [0.5, 0.6) is 5.75 Å². The summed E-state index contributed by atoms with van der Waals surface area (Å²) in [5.41, 5.74) is 9.72. The summed E-state index contributed by atoms with van der Waals surface area (Å²) in [4.78, 5) is 0. The van der Waals surface area contributed by atoms with E-state index in [4.69, 9.17) is 15.0 Å². The second-order valence-electron chi connectivity index (χ2n) is 4.62. The molecule has 2 N–H and O–H groups in total. The van der Waals surface area contributed by atoms with Gasteiger partial charge >= 0.3 is 0 Å². The topological polar surface area (TPSA) is 61.3 Å². The molecule has 6 heteroatoms. The molecule has 0 spiro atoms. The Morgan fingerprint density at radius 1 is 1.33 bits per heavy atom. The minimum absolute atomic E-state index is 0.358. The number of aryl methyl sites for hydroxylation is 1. The third-order valence-electron chi connectivity index (χ3n) is 3.17. The lowest BCUT2D eigenvalue weighted by molar-refractivity contribution is 0.416. The molecule has 0 unspecified atom stereocenters. The summed E-state index contributed by atoms with van der Waals surface area (Å²) < 4.78 is 11.9. The van der Waals surface area contributed by atoms with Crippen molar-refractivity contribution in [2.24, 2.45) is 0 Å². The number of methoxy groups -OCH3 is 1. The maximum absolute atomic E-state index is 6.02. The smallest absolute Gasteiger partial charge is 0.177 e. The minimum atomic E-state index is 0.358. The molecule has 0 aliphatic heterocycles. The number of ether oxygens (including phenoxy) is 1. The Bertz CT molecular complexity index is 795.